The molecule has 1 aliphatic rings. The van der Waals surface area contributed by atoms with Crippen molar-refractivity contribution in [3.63, 3.8) is 0 Å². The first kappa shape index (κ1) is 16.7. The van der Waals surface area contributed by atoms with E-state index in [9.17, 15) is 9.59 Å². The van der Waals surface area contributed by atoms with Crippen LogP contribution in [0.15, 0.2) is 45.9 Å². The highest BCUT2D eigenvalue weighted by Crippen LogP contribution is 2.19. The number of halogens is 1. The zero-order chi connectivity index (χ0) is 16.9. The molecule has 0 spiro atoms. The van der Waals surface area contributed by atoms with Gasteiger partial charge in [-0.1, -0.05) is 0 Å². The summed E-state index contributed by atoms with van der Waals surface area (Å²) in [6.07, 6.45) is 7.92. The molecule has 126 valence electrons. The Labute approximate surface area is 148 Å². The van der Waals surface area contributed by atoms with Crippen LogP contribution in [-0.4, -0.2) is 41.3 Å². The van der Waals surface area contributed by atoms with Crippen molar-refractivity contribution >= 4 is 27.7 Å². The van der Waals surface area contributed by atoms with E-state index >= 15 is 0 Å². The number of rotatable bonds is 4. The molecule has 0 aliphatic carbocycles. The maximum atomic E-state index is 12.2. The van der Waals surface area contributed by atoms with Gasteiger partial charge < -0.3 is 14.6 Å². The molecular weight excluding hydrogens is 374 g/mol. The Morgan fingerprint density at radius 1 is 1.29 bits per heavy atom. The molecule has 1 fully saturated rings. The average Bonchev–Trinajstić information content (AvgIpc) is 3.14. The summed E-state index contributed by atoms with van der Waals surface area (Å²) in [5.74, 6) is 0.259. The van der Waals surface area contributed by atoms with Crippen LogP contribution < -0.4 is 5.32 Å². The molecule has 1 N–H and O–H groups in total. The zero-order valence-electron chi connectivity index (χ0n) is 13.1. The van der Waals surface area contributed by atoms with E-state index in [1.807, 2.05) is 4.90 Å². The molecule has 2 amide bonds. The van der Waals surface area contributed by atoms with Crippen LogP contribution in [-0.2, 0) is 0 Å². The Balaban J connectivity index is 1.46. The first-order chi connectivity index (χ1) is 11.6. The van der Waals surface area contributed by atoms with Gasteiger partial charge in [-0.2, -0.15) is 0 Å². The first-order valence-corrected chi connectivity index (χ1v) is 8.63. The zero-order valence-corrected chi connectivity index (χ0v) is 14.7. The molecule has 1 saturated heterocycles. The average molecular weight is 392 g/mol. The SMILES string of the molecule is O=C(NCC1CCN(C(=O)c2ccoc2)CC1)c1cncc(Br)c1. The van der Waals surface area contributed by atoms with Gasteiger partial charge in [0, 0.05) is 36.5 Å². The molecule has 0 unspecified atom stereocenters. The first-order valence-electron chi connectivity index (χ1n) is 7.83. The predicted molar refractivity (Wildman–Crippen MR) is 91.6 cm³/mol. The van der Waals surface area contributed by atoms with Gasteiger partial charge in [-0.15, -0.1) is 0 Å². The Bertz CT molecular complexity index is 710. The molecule has 3 rings (SSSR count). The van der Waals surface area contributed by atoms with Crippen LogP contribution in [0.5, 0.6) is 0 Å². The molecular formula is C17H18BrN3O3. The van der Waals surface area contributed by atoms with E-state index in [1.54, 1.807) is 24.5 Å². The van der Waals surface area contributed by atoms with Crippen LogP contribution in [0.3, 0.4) is 0 Å². The van der Waals surface area contributed by atoms with Gasteiger partial charge in [-0.3, -0.25) is 14.6 Å². The summed E-state index contributed by atoms with van der Waals surface area (Å²) in [6.45, 7) is 2.01. The highest BCUT2D eigenvalue weighted by molar-refractivity contribution is 9.10. The molecule has 0 atom stereocenters. The number of amides is 2. The number of likely N-dealkylation sites (tertiary alicyclic amines) is 1. The summed E-state index contributed by atoms with van der Waals surface area (Å²) in [4.78, 5) is 30.2. The van der Waals surface area contributed by atoms with Crippen LogP contribution in [0.1, 0.15) is 33.6 Å². The molecule has 0 saturated carbocycles. The van der Waals surface area contributed by atoms with Crippen molar-refractivity contribution in [2.24, 2.45) is 5.92 Å². The second-order valence-electron chi connectivity index (χ2n) is 5.85. The second-order valence-corrected chi connectivity index (χ2v) is 6.77. The van der Waals surface area contributed by atoms with Crippen molar-refractivity contribution in [2.75, 3.05) is 19.6 Å². The standard InChI is InChI=1S/C17H18BrN3O3/c18-15-7-14(9-19-10-15)16(22)20-8-12-1-4-21(5-2-12)17(23)13-3-6-24-11-13/h3,6-7,9-12H,1-2,4-5,8H2,(H,20,22). The molecule has 2 aromatic heterocycles. The van der Waals surface area contributed by atoms with Crippen LogP contribution in [0.4, 0.5) is 0 Å². The smallest absolute Gasteiger partial charge is 0.257 e. The maximum Gasteiger partial charge on any atom is 0.257 e. The number of nitrogens with one attached hydrogen (secondary N) is 1. The monoisotopic (exact) mass is 391 g/mol. The Kier molecular flexibility index (Phi) is 5.30. The lowest BCUT2D eigenvalue weighted by molar-refractivity contribution is 0.0683. The number of pyridine rings is 1. The fourth-order valence-electron chi connectivity index (χ4n) is 2.78. The van der Waals surface area contributed by atoms with Crippen LogP contribution in [0.2, 0.25) is 0 Å². The van der Waals surface area contributed by atoms with Crippen molar-refractivity contribution in [1.29, 1.82) is 0 Å². The second kappa shape index (κ2) is 7.61. The largest absolute Gasteiger partial charge is 0.472 e. The van der Waals surface area contributed by atoms with Crippen molar-refractivity contribution < 1.29 is 14.0 Å². The van der Waals surface area contributed by atoms with Gasteiger partial charge in [0.15, 0.2) is 0 Å². The number of carbonyl (C=O) groups is 2. The van der Waals surface area contributed by atoms with E-state index in [-0.39, 0.29) is 11.8 Å². The van der Waals surface area contributed by atoms with Crippen molar-refractivity contribution in [1.82, 2.24) is 15.2 Å². The summed E-state index contributed by atoms with van der Waals surface area (Å²) in [5, 5.41) is 2.95. The van der Waals surface area contributed by atoms with Gasteiger partial charge in [0.25, 0.3) is 11.8 Å². The van der Waals surface area contributed by atoms with Gasteiger partial charge in [0.2, 0.25) is 0 Å². The van der Waals surface area contributed by atoms with Gasteiger partial charge in [-0.05, 0) is 46.8 Å². The number of aromatic nitrogens is 1. The molecule has 2 aromatic rings. The Morgan fingerprint density at radius 2 is 2.08 bits per heavy atom. The number of furan rings is 1. The fraction of sp³-hybridized carbons (Fsp3) is 0.353. The molecule has 7 heteroatoms. The molecule has 0 aromatic carbocycles. The van der Waals surface area contributed by atoms with E-state index in [0.29, 0.717) is 36.7 Å². The van der Waals surface area contributed by atoms with E-state index in [0.717, 1.165) is 17.3 Å². The quantitative estimate of drug-likeness (QED) is 0.868. The lowest BCUT2D eigenvalue weighted by Crippen LogP contribution is -2.41. The van der Waals surface area contributed by atoms with Gasteiger partial charge >= 0.3 is 0 Å². The summed E-state index contributed by atoms with van der Waals surface area (Å²) < 4.78 is 5.74. The number of piperidine rings is 1. The molecule has 0 radical (unpaired) electrons. The highest BCUT2D eigenvalue weighted by Gasteiger charge is 2.24. The topological polar surface area (TPSA) is 75.4 Å². The predicted octanol–water partition coefficient (Wildman–Crippen LogP) is 2.72. The van der Waals surface area contributed by atoms with E-state index in [4.69, 9.17) is 4.42 Å². The summed E-state index contributed by atoms with van der Waals surface area (Å²) in [7, 11) is 0. The van der Waals surface area contributed by atoms with E-state index < -0.39 is 0 Å². The lowest BCUT2D eigenvalue weighted by atomic mass is 9.96. The summed E-state index contributed by atoms with van der Waals surface area (Å²) >= 11 is 3.31. The Hall–Kier alpha value is -2.15. The summed E-state index contributed by atoms with van der Waals surface area (Å²) in [5.41, 5.74) is 1.13. The van der Waals surface area contributed by atoms with E-state index in [1.165, 1.54) is 12.5 Å². The van der Waals surface area contributed by atoms with Crippen LogP contribution >= 0.6 is 15.9 Å². The molecule has 1 aliphatic heterocycles. The minimum absolute atomic E-state index is 0.00597. The van der Waals surface area contributed by atoms with Crippen molar-refractivity contribution in [3.05, 3.63) is 52.7 Å². The molecule has 0 bridgehead atoms. The molecule has 3 heterocycles. The van der Waals surface area contributed by atoms with Gasteiger partial charge in [-0.25, -0.2) is 0 Å². The van der Waals surface area contributed by atoms with Crippen LogP contribution in [0, 0.1) is 5.92 Å². The number of carbonyl (C=O) groups excluding carboxylic acids is 2. The van der Waals surface area contributed by atoms with Crippen LogP contribution in [0.25, 0.3) is 0 Å². The number of nitrogens with zero attached hydrogens (tertiary/aromatic N) is 2. The Morgan fingerprint density at radius 3 is 2.75 bits per heavy atom. The molecule has 6 nitrogen and oxygen atoms in total. The third-order valence-corrected chi connectivity index (χ3v) is 4.62. The normalized spacial score (nSPS) is 15.3. The molecule has 24 heavy (non-hydrogen) atoms. The third kappa shape index (κ3) is 4.03. The van der Waals surface area contributed by atoms with E-state index in [2.05, 4.69) is 26.2 Å². The minimum atomic E-state index is -0.124. The third-order valence-electron chi connectivity index (χ3n) is 4.19. The van der Waals surface area contributed by atoms with Crippen molar-refractivity contribution in [2.45, 2.75) is 12.8 Å². The number of hydrogen-bond donors (Lipinski definition) is 1. The van der Waals surface area contributed by atoms with Gasteiger partial charge in [0.05, 0.1) is 17.4 Å². The minimum Gasteiger partial charge on any atom is -0.472 e. The number of hydrogen-bond acceptors (Lipinski definition) is 4. The lowest BCUT2D eigenvalue weighted by Gasteiger charge is -2.31. The fourth-order valence-corrected chi connectivity index (χ4v) is 3.15. The summed E-state index contributed by atoms with van der Waals surface area (Å²) in [6, 6.07) is 3.43. The van der Waals surface area contributed by atoms with Crippen molar-refractivity contribution in [3.8, 4) is 0 Å². The van der Waals surface area contributed by atoms with Gasteiger partial charge in [0.1, 0.15) is 6.26 Å². The highest BCUT2D eigenvalue weighted by atomic mass is 79.9. The maximum absolute atomic E-state index is 12.2.